The van der Waals surface area contributed by atoms with E-state index in [0.29, 0.717) is 12.8 Å². The lowest BCUT2D eigenvalue weighted by Gasteiger charge is -2.59. The van der Waals surface area contributed by atoms with Crippen molar-refractivity contribution in [1.29, 1.82) is 0 Å². The van der Waals surface area contributed by atoms with E-state index in [1.165, 1.54) is 0 Å². The van der Waals surface area contributed by atoms with Gasteiger partial charge < -0.3 is 9.84 Å². The van der Waals surface area contributed by atoms with Crippen LogP contribution >= 0.6 is 11.6 Å². The van der Waals surface area contributed by atoms with Gasteiger partial charge in [0.2, 0.25) is 0 Å². The zero-order valence-corrected chi connectivity index (χ0v) is 20.1. The lowest BCUT2D eigenvalue weighted by Crippen LogP contribution is -2.62. The normalized spacial score (nSPS) is 42.5. The number of unbranched alkanes of at least 4 members (excludes halogenated alkanes) is 1. The minimum Gasteiger partial charge on any atom is -0.450 e. The molecule has 7 atom stereocenters. The molecule has 0 heterocycles. The summed E-state index contributed by atoms with van der Waals surface area (Å²) in [5.74, 6) is -0.484. The largest absolute Gasteiger partial charge is 0.450 e. The van der Waals surface area contributed by atoms with Gasteiger partial charge in [-0.3, -0.25) is 14.4 Å². The van der Waals surface area contributed by atoms with Gasteiger partial charge in [-0.05, 0) is 62.5 Å². The monoisotopic (exact) mass is 462 g/mol. The van der Waals surface area contributed by atoms with Gasteiger partial charge in [0.15, 0.2) is 17.2 Å². The van der Waals surface area contributed by atoms with E-state index >= 15 is 0 Å². The molecular formula is C26H35ClO5. The lowest BCUT2D eigenvalue weighted by atomic mass is 9.46. The number of ketones is 2. The molecule has 1 N–H and O–H groups in total. The third-order valence-electron chi connectivity index (χ3n) is 9.21. The molecular weight excluding hydrogens is 428 g/mol. The molecule has 0 bridgehead atoms. The Morgan fingerprint density at radius 3 is 2.72 bits per heavy atom. The summed E-state index contributed by atoms with van der Waals surface area (Å²) in [4.78, 5) is 37.9. The summed E-state index contributed by atoms with van der Waals surface area (Å²) in [7, 11) is 0. The summed E-state index contributed by atoms with van der Waals surface area (Å²) in [6.07, 6.45) is 9.83. The van der Waals surface area contributed by atoms with Crippen LogP contribution in [0.25, 0.3) is 0 Å². The van der Waals surface area contributed by atoms with Crippen LogP contribution in [0, 0.1) is 28.6 Å². The van der Waals surface area contributed by atoms with Crippen molar-refractivity contribution in [2.45, 2.75) is 83.8 Å². The highest BCUT2D eigenvalue weighted by Gasteiger charge is 2.70. The van der Waals surface area contributed by atoms with E-state index in [1.807, 2.05) is 19.9 Å². The Kier molecular flexibility index (Phi) is 6.21. The van der Waals surface area contributed by atoms with E-state index in [9.17, 15) is 19.5 Å². The Labute approximate surface area is 195 Å². The average Bonchev–Trinajstić information content (AvgIpc) is 3.04. The highest BCUT2D eigenvalue weighted by Crippen LogP contribution is 2.68. The minimum atomic E-state index is -1.27. The number of hydrogen-bond acceptors (Lipinski definition) is 5. The number of ether oxygens (including phenoxy) is 1. The number of fused-ring (bicyclic) bond motifs is 5. The summed E-state index contributed by atoms with van der Waals surface area (Å²) in [5.41, 5.74) is -1.20. The summed E-state index contributed by atoms with van der Waals surface area (Å²) < 4.78 is 6.05. The first kappa shape index (κ1) is 23.7. The lowest BCUT2D eigenvalue weighted by molar-refractivity contribution is -0.198. The van der Waals surface area contributed by atoms with Crippen LogP contribution in [0.3, 0.4) is 0 Å². The number of alkyl halides is 1. The fourth-order valence-electron chi connectivity index (χ4n) is 7.67. The van der Waals surface area contributed by atoms with Crippen LogP contribution in [0.1, 0.15) is 72.1 Å². The maximum atomic E-state index is 13.3. The van der Waals surface area contributed by atoms with Crippen molar-refractivity contribution >= 4 is 29.1 Å². The van der Waals surface area contributed by atoms with E-state index in [2.05, 4.69) is 6.92 Å². The molecule has 3 fully saturated rings. The second kappa shape index (κ2) is 8.39. The third kappa shape index (κ3) is 3.34. The van der Waals surface area contributed by atoms with Crippen LogP contribution in [0.15, 0.2) is 23.8 Å². The molecule has 0 radical (unpaired) electrons. The first-order valence-electron chi connectivity index (χ1n) is 12.1. The van der Waals surface area contributed by atoms with Gasteiger partial charge in [0.25, 0.3) is 0 Å². The van der Waals surface area contributed by atoms with Crippen molar-refractivity contribution in [3.8, 4) is 0 Å². The molecule has 6 heteroatoms. The molecule has 0 aromatic carbocycles. The molecule has 5 nitrogen and oxygen atoms in total. The van der Waals surface area contributed by atoms with Crippen LogP contribution < -0.4 is 0 Å². The van der Waals surface area contributed by atoms with Gasteiger partial charge in [-0.25, -0.2) is 0 Å². The summed E-state index contributed by atoms with van der Waals surface area (Å²) >= 11 is 6.05. The first-order valence-corrected chi connectivity index (χ1v) is 12.6. The smallest absolute Gasteiger partial charge is 0.306 e. The van der Waals surface area contributed by atoms with Crippen molar-refractivity contribution in [3.05, 3.63) is 23.8 Å². The predicted octanol–water partition coefficient (Wildman–Crippen LogP) is 4.55. The number of halogens is 1. The van der Waals surface area contributed by atoms with Crippen molar-refractivity contribution < 1.29 is 24.2 Å². The van der Waals surface area contributed by atoms with E-state index < -0.39 is 17.1 Å². The Bertz CT molecular complexity index is 877. The van der Waals surface area contributed by atoms with Crippen molar-refractivity contribution in [1.82, 2.24) is 0 Å². The van der Waals surface area contributed by atoms with E-state index in [0.717, 1.165) is 37.7 Å². The van der Waals surface area contributed by atoms with Crippen molar-refractivity contribution in [3.63, 3.8) is 0 Å². The molecule has 0 aliphatic heterocycles. The topological polar surface area (TPSA) is 80.7 Å². The highest BCUT2D eigenvalue weighted by atomic mass is 35.5. The highest BCUT2D eigenvalue weighted by molar-refractivity contribution is 6.29. The maximum absolute atomic E-state index is 13.3. The van der Waals surface area contributed by atoms with Gasteiger partial charge in [-0.1, -0.05) is 38.8 Å². The average molecular weight is 463 g/mol. The van der Waals surface area contributed by atoms with Gasteiger partial charge in [0, 0.05) is 23.2 Å². The van der Waals surface area contributed by atoms with Crippen LogP contribution in [0.5, 0.6) is 0 Å². The number of allylic oxidation sites excluding steroid dienone is 4. The third-order valence-corrected chi connectivity index (χ3v) is 9.45. The van der Waals surface area contributed by atoms with Crippen LogP contribution in [0.4, 0.5) is 0 Å². The van der Waals surface area contributed by atoms with Crippen LogP contribution in [0.2, 0.25) is 0 Å². The molecule has 0 amide bonds. The summed E-state index contributed by atoms with van der Waals surface area (Å²) in [6, 6.07) is 0. The van der Waals surface area contributed by atoms with E-state index in [4.69, 9.17) is 16.3 Å². The zero-order chi connectivity index (χ0) is 23.3. The molecule has 4 aliphatic carbocycles. The summed E-state index contributed by atoms with van der Waals surface area (Å²) in [6.45, 7) is 6.16. The molecule has 0 spiro atoms. The molecule has 0 aromatic heterocycles. The maximum Gasteiger partial charge on any atom is 0.306 e. The number of aliphatic hydroxyl groups excluding tert-OH is 1. The standard InChI is InChI=1S/C26H35ClO5/c1-4-5-6-22(31)32-26(21(30)15-27)12-10-19-18-8-7-16-13-17(28)9-11-24(16,2)23(18)20(29)14-25(19,26)3/h9,11,13,18-20,23,29H,4-8,10,12,14-15H2,1-3H3/t18-,19-,20-,23+,24-,25-,26-/m0/s1. The second-order valence-electron chi connectivity index (χ2n) is 10.7. The van der Waals surface area contributed by atoms with Gasteiger partial charge in [0.1, 0.15) is 0 Å². The summed E-state index contributed by atoms with van der Waals surface area (Å²) in [5, 5.41) is 11.5. The van der Waals surface area contributed by atoms with Crippen LogP contribution in [-0.2, 0) is 19.1 Å². The van der Waals surface area contributed by atoms with Gasteiger partial charge in [0.05, 0.1) is 12.0 Å². The zero-order valence-electron chi connectivity index (χ0n) is 19.4. The Morgan fingerprint density at radius 1 is 1.28 bits per heavy atom. The quantitative estimate of drug-likeness (QED) is 0.462. The molecule has 32 heavy (non-hydrogen) atoms. The Hall–Kier alpha value is -1.46. The molecule has 0 unspecified atom stereocenters. The van der Waals surface area contributed by atoms with E-state index in [-0.39, 0.29) is 53.0 Å². The Balaban J connectivity index is 1.70. The first-order chi connectivity index (χ1) is 15.1. The van der Waals surface area contributed by atoms with Crippen LogP contribution in [-0.4, -0.2) is 40.2 Å². The van der Waals surface area contributed by atoms with Gasteiger partial charge in [-0.15, -0.1) is 11.6 Å². The number of esters is 1. The second-order valence-corrected chi connectivity index (χ2v) is 11.0. The molecule has 0 aromatic rings. The molecule has 4 aliphatic rings. The number of Topliss-reactive ketones (excluding diaryl/α,β-unsaturated/α-hetero) is 1. The Morgan fingerprint density at radius 2 is 2.03 bits per heavy atom. The molecule has 0 saturated heterocycles. The van der Waals surface area contributed by atoms with Crippen molar-refractivity contribution in [2.75, 3.05) is 5.88 Å². The number of carbonyl (C=O) groups excluding carboxylic acids is 3. The van der Waals surface area contributed by atoms with E-state index in [1.54, 1.807) is 12.2 Å². The number of carbonyl (C=O) groups is 3. The fraction of sp³-hybridized carbons (Fsp3) is 0.731. The number of aliphatic hydroxyl groups is 1. The number of hydrogen-bond donors (Lipinski definition) is 1. The van der Waals surface area contributed by atoms with Crippen molar-refractivity contribution in [2.24, 2.45) is 28.6 Å². The molecule has 176 valence electrons. The predicted molar refractivity (Wildman–Crippen MR) is 122 cm³/mol. The SMILES string of the molecule is CCCCC(=O)O[C@]1(C(=O)CCl)CC[C@H]2[C@@H]3CCC4=CC(=O)C=C[C@]4(C)[C@H]3[C@@H](O)C[C@@]21C. The minimum absolute atomic E-state index is 0.0117. The van der Waals surface area contributed by atoms with Gasteiger partial charge in [-0.2, -0.15) is 0 Å². The van der Waals surface area contributed by atoms with Gasteiger partial charge >= 0.3 is 5.97 Å². The molecule has 3 saturated carbocycles. The molecule has 4 rings (SSSR count). The fourth-order valence-corrected chi connectivity index (χ4v) is 7.89. The number of rotatable bonds is 6.